The molecule has 24 heavy (non-hydrogen) atoms. The second-order valence-electron chi connectivity index (χ2n) is 5.48. The van der Waals surface area contributed by atoms with Crippen LogP contribution in [0.4, 0.5) is 5.69 Å². The summed E-state index contributed by atoms with van der Waals surface area (Å²) in [7, 11) is 0. The van der Waals surface area contributed by atoms with Crippen molar-refractivity contribution in [2.75, 3.05) is 5.32 Å². The van der Waals surface area contributed by atoms with E-state index in [0.29, 0.717) is 16.4 Å². The van der Waals surface area contributed by atoms with Crippen molar-refractivity contribution >= 4 is 28.9 Å². The Hall–Kier alpha value is -2.86. The third-order valence-corrected chi connectivity index (χ3v) is 3.99. The van der Waals surface area contributed by atoms with Gasteiger partial charge in [0, 0.05) is 11.4 Å². The van der Waals surface area contributed by atoms with Gasteiger partial charge in [-0.05, 0) is 49.0 Å². The summed E-state index contributed by atoms with van der Waals surface area (Å²) in [6.07, 6.45) is 0. The van der Waals surface area contributed by atoms with Crippen molar-refractivity contribution in [1.29, 1.82) is 0 Å². The van der Waals surface area contributed by atoms with Gasteiger partial charge < -0.3 is 21.1 Å². The van der Waals surface area contributed by atoms with Crippen LogP contribution in [0.1, 0.15) is 18.5 Å². The van der Waals surface area contributed by atoms with Crippen molar-refractivity contribution in [1.82, 2.24) is 10.6 Å². The van der Waals surface area contributed by atoms with E-state index in [-0.39, 0.29) is 17.7 Å². The molecular weight excluding hydrogens is 322 g/mol. The van der Waals surface area contributed by atoms with E-state index in [1.54, 1.807) is 24.3 Å². The Morgan fingerprint density at radius 1 is 1.12 bits per heavy atom. The Morgan fingerprint density at radius 2 is 1.79 bits per heavy atom. The molecule has 2 aromatic rings. The average molecular weight is 339 g/mol. The molecule has 0 radical (unpaired) electrons. The summed E-state index contributed by atoms with van der Waals surface area (Å²) in [6, 6.07) is 15.6. The zero-order valence-corrected chi connectivity index (χ0v) is 13.9. The molecule has 2 aromatic carbocycles. The van der Waals surface area contributed by atoms with Gasteiger partial charge in [0.15, 0.2) is 5.11 Å². The van der Waals surface area contributed by atoms with Gasteiger partial charge in [-0.15, -0.1) is 0 Å². The summed E-state index contributed by atoms with van der Waals surface area (Å²) in [6.45, 7) is 1.82. The van der Waals surface area contributed by atoms with Crippen LogP contribution in [0.15, 0.2) is 65.9 Å². The maximum atomic E-state index is 12.8. The first-order valence-electron chi connectivity index (χ1n) is 7.48. The fourth-order valence-electron chi connectivity index (χ4n) is 2.63. The molecule has 0 saturated heterocycles. The molecule has 0 spiro atoms. The molecule has 1 aliphatic heterocycles. The highest BCUT2D eigenvalue weighted by Gasteiger charge is 2.29. The molecule has 0 bridgehead atoms. The molecule has 1 atom stereocenters. The zero-order valence-electron chi connectivity index (χ0n) is 13.0. The highest BCUT2D eigenvalue weighted by molar-refractivity contribution is 7.80. The van der Waals surface area contributed by atoms with E-state index in [2.05, 4.69) is 16.0 Å². The number of anilines is 1. The smallest absolute Gasteiger partial charge is 0.255 e. The van der Waals surface area contributed by atoms with Gasteiger partial charge >= 0.3 is 0 Å². The molecule has 122 valence electrons. The molecule has 3 rings (SSSR count). The van der Waals surface area contributed by atoms with Crippen molar-refractivity contribution < 1.29 is 9.90 Å². The van der Waals surface area contributed by atoms with Crippen molar-refractivity contribution in [2.24, 2.45) is 0 Å². The normalized spacial score (nSPS) is 17.0. The summed E-state index contributed by atoms with van der Waals surface area (Å²) < 4.78 is 0. The lowest BCUT2D eigenvalue weighted by molar-refractivity contribution is -0.113. The molecule has 1 heterocycles. The van der Waals surface area contributed by atoms with Crippen LogP contribution < -0.4 is 16.0 Å². The SMILES string of the molecule is CC1=C(C(=O)Nc2ccccc2)[C@H](c2ccc(O)cc2)NC(=S)N1. The maximum Gasteiger partial charge on any atom is 0.255 e. The second kappa shape index (κ2) is 6.72. The van der Waals surface area contributed by atoms with E-state index < -0.39 is 0 Å². The summed E-state index contributed by atoms with van der Waals surface area (Å²) in [5.41, 5.74) is 2.82. The summed E-state index contributed by atoms with van der Waals surface area (Å²) in [4.78, 5) is 12.8. The van der Waals surface area contributed by atoms with Crippen LogP contribution in [-0.2, 0) is 4.79 Å². The van der Waals surface area contributed by atoms with E-state index >= 15 is 0 Å². The average Bonchev–Trinajstić information content (AvgIpc) is 2.55. The van der Waals surface area contributed by atoms with Crippen LogP contribution in [0.5, 0.6) is 5.75 Å². The van der Waals surface area contributed by atoms with Crippen molar-refractivity contribution in [3.05, 3.63) is 71.4 Å². The summed E-state index contributed by atoms with van der Waals surface area (Å²) >= 11 is 5.22. The quantitative estimate of drug-likeness (QED) is 0.647. The number of hydrogen-bond acceptors (Lipinski definition) is 3. The molecule has 6 heteroatoms. The fraction of sp³-hybridized carbons (Fsp3) is 0.111. The number of carbonyl (C=O) groups is 1. The molecule has 5 nitrogen and oxygen atoms in total. The van der Waals surface area contributed by atoms with E-state index in [4.69, 9.17) is 12.2 Å². The Bertz CT molecular complexity index is 801. The predicted octanol–water partition coefficient (Wildman–Crippen LogP) is 2.82. The van der Waals surface area contributed by atoms with Gasteiger partial charge in [0.1, 0.15) is 5.75 Å². The van der Waals surface area contributed by atoms with E-state index in [1.165, 1.54) is 0 Å². The summed E-state index contributed by atoms with van der Waals surface area (Å²) in [5.74, 6) is -0.0366. The van der Waals surface area contributed by atoms with Gasteiger partial charge in [0.25, 0.3) is 5.91 Å². The molecule has 1 aliphatic rings. The largest absolute Gasteiger partial charge is 0.508 e. The molecule has 0 aromatic heterocycles. The lowest BCUT2D eigenvalue weighted by atomic mass is 9.95. The second-order valence-corrected chi connectivity index (χ2v) is 5.89. The van der Waals surface area contributed by atoms with Gasteiger partial charge in [-0.3, -0.25) is 4.79 Å². The van der Waals surface area contributed by atoms with Crippen LogP contribution >= 0.6 is 12.2 Å². The first kappa shape index (κ1) is 16.0. The Kier molecular flexibility index (Phi) is 4.48. The van der Waals surface area contributed by atoms with E-state index in [1.807, 2.05) is 37.3 Å². The zero-order chi connectivity index (χ0) is 17.1. The number of nitrogens with one attached hydrogen (secondary N) is 3. The lowest BCUT2D eigenvalue weighted by Gasteiger charge is -2.30. The Morgan fingerprint density at radius 3 is 2.46 bits per heavy atom. The fourth-order valence-corrected chi connectivity index (χ4v) is 2.90. The minimum Gasteiger partial charge on any atom is -0.508 e. The number of amides is 1. The number of allylic oxidation sites excluding steroid dienone is 1. The first-order valence-corrected chi connectivity index (χ1v) is 7.89. The Balaban J connectivity index is 1.94. The van der Waals surface area contributed by atoms with Gasteiger partial charge in [0.2, 0.25) is 0 Å². The van der Waals surface area contributed by atoms with Crippen molar-refractivity contribution in [3.63, 3.8) is 0 Å². The monoisotopic (exact) mass is 339 g/mol. The number of para-hydroxylation sites is 1. The molecule has 0 saturated carbocycles. The van der Waals surface area contributed by atoms with Crippen LogP contribution in [0.25, 0.3) is 0 Å². The van der Waals surface area contributed by atoms with E-state index in [9.17, 15) is 9.90 Å². The van der Waals surface area contributed by atoms with Crippen molar-refractivity contribution in [2.45, 2.75) is 13.0 Å². The maximum absolute atomic E-state index is 12.8. The van der Waals surface area contributed by atoms with Crippen LogP contribution in [-0.4, -0.2) is 16.1 Å². The van der Waals surface area contributed by atoms with Crippen LogP contribution in [0.2, 0.25) is 0 Å². The summed E-state index contributed by atoms with van der Waals surface area (Å²) in [5, 5.41) is 19.0. The number of rotatable bonds is 3. The highest BCUT2D eigenvalue weighted by Crippen LogP contribution is 2.28. The van der Waals surface area contributed by atoms with Crippen molar-refractivity contribution in [3.8, 4) is 5.75 Å². The third kappa shape index (κ3) is 3.38. The first-order chi connectivity index (χ1) is 11.5. The number of carbonyl (C=O) groups excluding carboxylic acids is 1. The number of benzene rings is 2. The molecule has 0 aliphatic carbocycles. The third-order valence-electron chi connectivity index (χ3n) is 3.77. The minimum atomic E-state index is -0.386. The molecule has 0 fully saturated rings. The Labute approximate surface area is 145 Å². The standard InChI is InChI=1S/C18H17N3O2S/c1-11-15(17(23)20-13-5-3-2-4-6-13)16(21-18(24)19-11)12-7-9-14(22)10-8-12/h2-10,16,22H,1H3,(H,20,23)(H2,19,21,24)/t16-/m0/s1. The number of thiocarbonyl (C=S) groups is 1. The number of hydrogen-bond donors (Lipinski definition) is 4. The van der Waals surface area contributed by atoms with Gasteiger partial charge in [-0.1, -0.05) is 30.3 Å². The number of phenols is 1. The highest BCUT2D eigenvalue weighted by atomic mass is 32.1. The molecular formula is C18H17N3O2S. The molecule has 1 amide bonds. The van der Waals surface area contributed by atoms with Gasteiger partial charge in [-0.25, -0.2) is 0 Å². The minimum absolute atomic E-state index is 0.172. The van der Waals surface area contributed by atoms with Gasteiger partial charge in [-0.2, -0.15) is 0 Å². The van der Waals surface area contributed by atoms with Crippen LogP contribution in [0, 0.1) is 0 Å². The number of phenolic OH excluding ortho intramolecular Hbond substituents is 1. The number of aromatic hydroxyl groups is 1. The van der Waals surface area contributed by atoms with Crippen LogP contribution in [0.3, 0.4) is 0 Å². The molecule has 0 unspecified atom stereocenters. The van der Waals surface area contributed by atoms with Gasteiger partial charge in [0.05, 0.1) is 11.6 Å². The lowest BCUT2D eigenvalue weighted by Crippen LogP contribution is -2.45. The topological polar surface area (TPSA) is 73.4 Å². The van der Waals surface area contributed by atoms with E-state index in [0.717, 1.165) is 11.3 Å². The molecule has 4 N–H and O–H groups in total. The predicted molar refractivity (Wildman–Crippen MR) is 97.5 cm³/mol.